The number of hydrogen-bond donors (Lipinski definition) is 0. The summed E-state index contributed by atoms with van der Waals surface area (Å²) in [4.78, 5) is 5.10. The zero-order valence-corrected chi connectivity index (χ0v) is 15.0. The molecule has 2 aromatic rings. The van der Waals surface area contributed by atoms with E-state index in [1.165, 1.54) is 11.1 Å². The molecule has 0 bridgehead atoms. The number of piperazine rings is 1. The van der Waals surface area contributed by atoms with Gasteiger partial charge in [-0.15, -0.1) is 0 Å². The van der Waals surface area contributed by atoms with Crippen molar-refractivity contribution in [3.8, 4) is 0 Å². The minimum atomic E-state index is 0.298. The van der Waals surface area contributed by atoms with Gasteiger partial charge < -0.3 is 0 Å². The van der Waals surface area contributed by atoms with Crippen LogP contribution in [-0.4, -0.2) is 42.5 Å². The van der Waals surface area contributed by atoms with Crippen molar-refractivity contribution in [1.82, 2.24) is 9.80 Å². The first-order chi connectivity index (χ1) is 11.8. The Balaban J connectivity index is 1.80. The van der Waals surface area contributed by atoms with Gasteiger partial charge in [0.05, 0.1) is 6.04 Å². The maximum absolute atomic E-state index is 6.09. The van der Waals surface area contributed by atoms with Crippen LogP contribution in [0.1, 0.15) is 24.1 Å². The molecule has 1 aliphatic rings. The van der Waals surface area contributed by atoms with E-state index in [1.807, 2.05) is 12.1 Å². The Labute approximate surface area is 150 Å². The standard InChI is InChI=1S/C21H25ClN2/c1-2-3-13-23-14-16-24(17-15-23)21(18-7-5-4-6-8-18)19-9-11-20(22)12-10-19/h2-12,21H,13-17H2,1H3/b3-2-. The van der Waals surface area contributed by atoms with Gasteiger partial charge in [-0.25, -0.2) is 0 Å². The summed E-state index contributed by atoms with van der Waals surface area (Å²) in [6, 6.07) is 19.4. The molecule has 0 saturated carbocycles. The van der Waals surface area contributed by atoms with Crippen LogP contribution in [0.15, 0.2) is 66.7 Å². The predicted octanol–water partition coefficient (Wildman–Crippen LogP) is 4.62. The quantitative estimate of drug-likeness (QED) is 0.732. The molecule has 0 radical (unpaired) electrons. The smallest absolute Gasteiger partial charge is 0.0602 e. The molecule has 1 fully saturated rings. The molecular formula is C21H25ClN2. The van der Waals surface area contributed by atoms with Crippen LogP contribution in [0.4, 0.5) is 0 Å². The SMILES string of the molecule is C/C=C\CN1CCN(C(c2ccccc2)c2ccc(Cl)cc2)CC1. The van der Waals surface area contributed by atoms with E-state index in [2.05, 4.69) is 71.3 Å². The molecule has 0 N–H and O–H groups in total. The van der Waals surface area contributed by atoms with E-state index >= 15 is 0 Å². The van der Waals surface area contributed by atoms with Crippen molar-refractivity contribution in [1.29, 1.82) is 0 Å². The molecule has 2 nitrogen and oxygen atoms in total. The Morgan fingerprint density at radius 1 is 0.917 bits per heavy atom. The second kappa shape index (κ2) is 8.48. The van der Waals surface area contributed by atoms with Gasteiger partial charge in [-0.2, -0.15) is 0 Å². The Morgan fingerprint density at radius 3 is 2.17 bits per heavy atom. The monoisotopic (exact) mass is 340 g/mol. The number of hydrogen-bond acceptors (Lipinski definition) is 2. The number of nitrogens with zero attached hydrogens (tertiary/aromatic N) is 2. The van der Waals surface area contributed by atoms with Crippen molar-refractivity contribution in [2.24, 2.45) is 0 Å². The summed E-state index contributed by atoms with van der Waals surface area (Å²) in [7, 11) is 0. The van der Waals surface area contributed by atoms with Crippen molar-refractivity contribution in [3.63, 3.8) is 0 Å². The molecule has 0 spiro atoms. The average molecular weight is 341 g/mol. The lowest BCUT2D eigenvalue weighted by atomic mass is 9.96. The lowest BCUT2D eigenvalue weighted by Gasteiger charge is -2.39. The highest BCUT2D eigenvalue weighted by molar-refractivity contribution is 6.30. The van der Waals surface area contributed by atoms with Crippen LogP contribution >= 0.6 is 11.6 Å². The van der Waals surface area contributed by atoms with Gasteiger partial charge in [0.2, 0.25) is 0 Å². The van der Waals surface area contributed by atoms with E-state index < -0.39 is 0 Å². The maximum Gasteiger partial charge on any atom is 0.0602 e. The number of allylic oxidation sites excluding steroid dienone is 1. The van der Waals surface area contributed by atoms with Gasteiger partial charge in [-0.1, -0.05) is 66.2 Å². The van der Waals surface area contributed by atoms with E-state index in [1.54, 1.807) is 0 Å². The molecule has 1 unspecified atom stereocenters. The highest BCUT2D eigenvalue weighted by Crippen LogP contribution is 2.30. The number of halogens is 1. The normalized spacial score (nSPS) is 18.1. The molecule has 1 saturated heterocycles. The van der Waals surface area contributed by atoms with Crippen molar-refractivity contribution < 1.29 is 0 Å². The Hall–Kier alpha value is -1.61. The van der Waals surface area contributed by atoms with Crippen molar-refractivity contribution in [3.05, 3.63) is 82.9 Å². The van der Waals surface area contributed by atoms with Gasteiger partial charge in [0.1, 0.15) is 0 Å². The van der Waals surface area contributed by atoms with Crippen LogP contribution in [0.5, 0.6) is 0 Å². The second-order valence-electron chi connectivity index (χ2n) is 6.27. The lowest BCUT2D eigenvalue weighted by molar-refractivity contribution is 0.117. The topological polar surface area (TPSA) is 6.48 Å². The largest absolute Gasteiger partial charge is 0.297 e. The van der Waals surface area contributed by atoms with Crippen LogP contribution in [0.3, 0.4) is 0 Å². The third-order valence-corrected chi connectivity index (χ3v) is 4.92. The minimum Gasteiger partial charge on any atom is -0.297 e. The summed E-state index contributed by atoms with van der Waals surface area (Å²) in [5, 5.41) is 0.793. The van der Waals surface area contributed by atoms with E-state index in [-0.39, 0.29) is 0 Å². The number of benzene rings is 2. The van der Waals surface area contributed by atoms with Crippen LogP contribution in [0.25, 0.3) is 0 Å². The van der Waals surface area contributed by atoms with Gasteiger partial charge in [0.25, 0.3) is 0 Å². The maximum atomic E-state index is 6.09. The zero-order chi connectivity index (χ0) is 16.8. The van der Waals surface area contributed by atoms with Crippen LogP contribution in [-0.2, 0) is 0 Å². The summed E-state index contributed by atoms with van der Waals surface area (Å²) < 4.78 is 0. The highest BCUT2D eigenvalue weighted by Gasteiger charge is 2.25. The van der Waals surface area contributed by atoms with E-state index in [0.29, 0.717) is 6.04 Å². The van der Waals surface area contributed by atoms with Crippen molar-refractivity contribution in [2.45, 2.75) is 13.0 Å². The highest BCUT2D eigenvalue weighted by atomic mass is 35.5. The first kappa shape index (κ1) is 17.2. The predicted molar refractivity (Wildman–Crippen MR) is 103 cm³/mol. The summed E-state index contributed by atoms with van der Waals surface area (Å²) in [5.74, 6) is 0. The van der Waals surface area contributed by atoms with E-state index in [0.717, 1.165) is 37.7 Å². The van der Waals surface area contributed by atoms with Gasteiger partial charge in [0, 0.05) is 37.7 Å². The van der Waals surface area contributed by atoms with Gasteiger partial charge in [-0.3, -0.25) is 9.80 Å². The van der Waals surface area contributed by atoms with Crippen molar-refractivity contribution >= 4 is 11.6 Å². The van der Waals surface area contributed by atoms with Crippen LogP contribution in [0, 0.1) is 0 Å². The number of rotatable bonds is 5. The summed E-state index contributed by atoms with van der Waals surface area (Å²) in [5.41, 5.74) is 2.66. The summed E-state index contributed by atoms with van der Waals surface area (Å²) in [6.45, 7) is 7.53. The van der Waals surface area contributed by atoms with Gasteiger partial charge in [-0.05, 0) is 30.2 Å². The Bertz CT molecular complexity index is 643. The first-order valence-electron chi connectivity index (χ1n) is 8.66. The van der Waals surface area contributed by atoms with E-state index in [4.69, 9.17) is 11.6 Å². The fourth-order valence-corrected chi connectivity index (χ4v) is 3.48. The average Bonchev–Trinajstić information content (AvgIpc) is 2.64. The molecule has 0 aromatic heterocycles. The third-order valence-electron chi connectivity index (χ3n) is 4.67. The molecule has 1 aliphatic heterocycles. The molecule has 24 heavy (non-hydrogen) atoms. The molecule has 126 valence electrons. The van der Waals surface area contributed by atoms with Crippen LogP contribution < -0.4 is 0 Å². The second-order valence-corrected chi connectivity index (χ2v) is 6.71. The third kappa shape index (κ3) is 4.27. The fraction of sp³-hybridized carbons (Fsp3) is 0.333. The lowest BCUT2D eigenvalue weighted by Crippen LogP contribution is -2.47. The Morgan fingerprint density at radius 2 is 1.54 bits per heavy atom. The molecule has 0 aliphatic carbocycles. The molecular weight excluding hydrogens is 316 g/mol. The first-order valence-corrected chi connectivity index (χ1v) is 9.03. The molecule has 2 aromatic carbocycles. The fourth-order valence-electron chi connectivity index (χ4n) is 3.35. The van der Waals surface area contributed by atoms with Gasteiger partial charge >= 0.3 is 0 Å². The van der Waals surface area contributed by atoms with Crippen LogP contribution in [0.2, 0.25) is 5.02 Å². The molecule has 1 atom stereocenters. The molecule has 1 heterocycles. The molecule has 3 rings (SSSR count). The van der Waals surface area contributed by atoms with Crippen molar-refractivity contribution in [2.75, 3.05) is 32.7 Å². The minimum absolute atomic E-state index is 0.298. The van der Waals surface area contributed by atoms with Gasteiger partial charge in [0.15, 0.2) is 0 Å². The van der Waals surface area contributed by atoms with E-state index in [9.17, 15) is 0 Å². The summed E-state index contributed by atoms with van der Waals surface area (Å²) >= 11 is 6.09. The summed E-state index contributed by atoms with van der Waals surface area (Å²) in [6.07, 6.45) is 4.37. The molecule has 0 amide bonds. The molecule has 3 heteroatoms. The Kier molecular flexibility index (Phi) is 6.08. The zero-order valence-electron chi connectivity index (χ0n) is 14.2.